The van der Waals surface area contributed by atoms with E-state index in [4.69, 9.17) is 0 Å². The first-order valence-corrected chi connectivity index (χ1v) is 9.09. The van der Waals surface area contributed by atoms with Crippen LogP contribution in [0.15, 0.2) is 53.4 Å². The lowest BCUT2D eigenvalue weighted by molar-refractivity contribution is 0.103. The first kappa shape index (κ1) is 15.9. The van der Waals surface area contributed by atoms with Crippen LogP contribution >= 0.6 is 0 Å². The van der Waals surface area contributed by atoms with Gasteiger partial charge in [-0.15, -0.1) is 0 Å². The Bertz CT molecular complexity index is 856. The zero-order chi connectivity index (χ0) is 16.6. The Morgan fingerprint density at radius 2 is 1.57 bits per heavy atom. The van der Waals surface area contributed by atoms with E-state index in [0.29, 0.717) is 24.1 Å². The van der Waals surface area contributed by atoms with E-state index in [1.807, 2.05) is 19.0 Å². The third kappa shape index (κ3) is 2.71. The van der Waals surface area contributed by atoms with E-state index in [1.165, 1.54) is 6.07 Å². The molecule has 1 atom stereocenters. The van der Waals surface area contributed by atoms with Gasteiger partial charge in [0.25, 0.3) is 0 Å². The molecule has 0 spiro atoms. The van der Waals surface area contributed by atoms with Crippen LogP contribution in [0.2, 0.25) is 0 Å². The molecule has 0 amide bonds. The standard InChI is InChI=1S/C18H19NO3S/c1-19(2)12-11-17-13-7-3-4-8-14(13)18(20)15-9-5-6-10-16(15)23(17,21)22/h3-10,17H,11-12H2,1-2H3. The molecule has 0 saturated heterocycles. The fourth-order valence-corrected chi connectivity index (χ4v) is 5.04. The molecule has 0 fully saturated rings. The highest BCUT2D eigenvalue weighted by atomic mass is 32.2. The van der Waals surface area contributed by atoms with E-state index >= 15 is 0 Å². The molecule has 2 aromatic rings. The van der Waals surface area contributed by atoms with Gasteiger partial charge < -0.3 is 4.90 Å². The zero-order valence-corrected chi connectivity index (χ0v) is 14.0. The minimum Gasteiger partial charge on any atom is -0.309 e. The fraction of sp³-hybridized carbons (Fsp3) is 0.278. The van der Waals surface area contributed by atoms with Crippen molar-refractivity contribution >= 4 is 15.6 Å². The van der Waals surface area contributed by atoms with Crippen molar-refractivity contribution in [1.29, 1.82) is 0 Å². The second kappa shape index (κ2) is 5.91. The Hall–Kier alpha value is -1.98. The summed E-state index contributed by atoms with van der Waals surface area (Å²) in [6.45, 7) is 0.634. The Kier molecular flexibility index (Phi) is 4.08. The van der Waals surface area contributed by atoms with Gasteiger partial charge in [0.2, 0.25) is 0 Å². The van der Waals surface area contributed by atoms with Gasteiger partial charge in [0.05, 0.1) is 10.1 Å². The number of benzene rings is 2. The Morgan fingerprint density at radius 3 is 2.26 bits per heavy atom. The Morgan fingerprint density at radius 1 is 0.957 bits per heavy atom. The van der Waals surface area contributed by atoms with E-state index in [9.17, 15) is 13.2 Å². The van der Waals surface area contributed by atoms with Crippen molar-refractivity contribution in [2.75, 3.05) is 20.6 Å². The molecule has 0 aliphatic carbocycles. The van der Waals surface area contributed by atoms with Crippen LogP contribution in [-0.4, -0.2) is 39.7 Å². The number of hydrogen-bond acceptors (Lipinski definition) is 4. The molecular formula is C18H19NO3S. The van der Waals surface area contributed by atoms with Crippen LogP contribution < -0.4 is 0 Å². The Labute approximate surface area is 136 Å². The van der Waals surface area contributed by atoms with E-state index in [2.05, 4.69) is 0 Å². The molecule has 0 saturated carbocycles. The first-order valence-electron chi connectivity index (χ1n) is 7.54. The van der Waals surface area contributed by atoms with Gasteiger partial charge in [-0.1, -0.05) is 36.4 Å². The van der Waals surface area contributed by atoms with Gasteiger partial charge in [-0.25, -0.2) is 8.42 Å². The number of fused-ring (bicyclic) bond motifs is 2. The third-order valence-corrected chi connectivity index (χ3v) is 6.41. The summed E-state index contributed by atoms with van der Waals surface area (Å²) in [7, 11) is 0.213. The van der Waals surface area contributed by atoms with Gasteiger partial charge in [0.15, 0.2) is 15.6 Å². The molecule has 4 nitrogen and oxygen atoms in total. The molecule has 1 aliphatic rings. The maximum Gasteiger partial charge on any atom is 0.194 e. The summed E-state index contributed by atoms with van der Waals surface area (Å²) in [5, 5.41) is -0.700. The molecule has 23 heavy (non-hydrogen) atoms. The summed E-state index contributed by atoms with van der Waals surface area (Å²) in [6, 6.07) is 13.6. The molecule has 3 rings (SSSR count). The van der Waals surface area contributed by atoms with Gasteiger partial charge in [-0.05, 0) is 44.8 Å². The lowest BCUT2D eigenvalue weighted by Crippen LogP contribution is -2.21. The zero-order valence-electron chi connectivity index (χ0n) is 13.2. The van der Waals surface area contributed by atoms with Gasteiger partial charge in [-0.2, -0.15) is 0 Å². The van der Waals surface area contributed by atoms with Crippen molar-refractivity contribution in [1.82, 2.24) is 4.90 Å². The summed E-state index contributed by atoms with van der Waals surface area (Å²) in [4.78, 5) is 14.9. The molecule has 1 aliphatic heterocycles. The minimum absolute atomic E-state index is 0.143. The first-order chi connectivity index (χ1) is 10.9. The van der Waals surface area contributed by atoms with Crippen molar-refractivity contribution in [3.63, 3.8) is 0 Å². The topological polar surface area (TPSA) is 54.5 Å². The highest BCUT2D eigenvalue weighted by Crippen LogP contribution is 2.39. The molecule has 0 bridgehead atoms. The smallest absolute Gasteiger partial charge is 0.194 e. The molecule has 5 heteroatoms. The highest BCUT2D eigenvalue weighted by molar-refractivity contribution is 7.91. The van der Waals surface area contributed by atoms with E-state index in [-0.39, 0.29) is 16.2 Å². The lowest BCUT2D eigenvalue weighted by Gasteiger charge is -2.20. The molecule has 0 radical (unpaired) electrons. The number of ketones is 1. The average molecular weight is 329 g/mol. The number of carbonyl (C=O) groups is 1. The summed E-state index contributed by atoms with van der Waals surface area (Å²) in [5.41, 5.74) is 1.37. The van der Waals surface area contributed by atoms with E-state index < -0.39 is 15.1 Å². The maximum atomic E-state index is 13.2. The maximum absolute atomic E-state index is 13.2. The van der Waals surface area contributed by atoms with Crippen molar-refractivity contribution in [3.05, 3.63) is 65.2 Å². The monoisotopic (exact) mass is 329 g/mol. The van der Waals surface area contributed by atoms with Crippen LogP contribution in [0.3, 0.4) is 0 Å². The van der Waals surface area contributed by atoms with Crippen LogP contribution in [0.1, 0.15) is 33.2 Å². The number of sulfone groups is 1. The quantitative estimate of drug-likeness (QED) is 0.869. The lowest BCUT2D eigenvalue weighted by atomic mass is 9.96. The van der Waals surface area contributed by atoms with Gasteiger partial charge in [0.1, 0.15) is 0 Å². The van der Waals surface area contributed by atoms with Gasteiger partial charge in [0, 0.05) is 11.1 Å². The normalized spacial score (nSPS) is 19.1. The molecule has 1 heterocycles. The summed E-state index contributed by atoms with van der Waals surface area (Å²) >= 11 is 0. The molecule has 2 aromatic carbocycles. The SMILES string of the molecule is CN(C)CCC1c2ccccc2C(=O)c2ccccc2S1(=O)=O. The predicted molar refractivity (Wildman–Crippen MR) is 89.4 cm³/mol. The van der Waals surface area contributed by atoms with Crippen molar-refractivity contribution in [3.8, 4) is 0 Å². The van der Waals surface area contributed by atoms with Crippen molar-refractivity contribution < 1.29 is 13.2 Å². The summed E-state index contributed by atoms with van der Waals surface area (Å²) in [6.07, 6.45) is 0.452. The molecular weight excluding hydrogens is 310 g/mol. The van der Waals surface area contributed by atoms with Crippen LogP contribution in [0, 0.1) is 0 Å². The summed E-state index contributed by atoms with van der Waals surface area (Å²) < 4.78 is 26.3. The molecule has 0 aromatic heterocycles. The fourth-order valence-electron chi connectivity index (χ4n) is 3.04. The highest BCUT2D eigenvalue weighted by Gasteiger charge is 2.37. The second-order valence-corrected chi connectivity index (χ2v) is 8.14. The second-order valence-electron chi connectivity index (χ2n) is 6.04. The van der Waals surface area contributed by atoms with E-state index in [0.717, 1.165) is 0 Å². The Balaban J connectivity index is 2.26. The third-order valence-electron chi connectivity index (χ3n) is 4.20. The molecule has 1 unspecified atom stereocenters. The molecule has 0 N–H and O–H groups in total. The van der Waals surface area contributed by atoms with E-state index in [1.54, 1.807) is 42.5 Å². The van der Waals surface area contributed by atoms with Crippen LogP contribution in [0.4, 0.5) is 0 Å². The predicted octanol–water partition coefficient (Wildman–Crippen LogP) is 2.70. The number of carbonyl (C=O) groups excluding carboxylic acids is 1. The van der Waals surface area contributed by atoms with Crippen LogP contribution in [-0.2, 0) is 9.84 Å². The number of hydrogen-bond donors (Lipinski definition) is 0. The minimum atomic E-state index is -3.61. The molecule has 120 valence electrons. The number of nitrogens with zero attached hydrogens (tertiary/aromatic N) is 1. The number of rotatable bonds is 3. The summed E-state index contributed by atoms with van der Waals surface area (Å²) in [5.74, 6) is -0.216. The van der Waals surface area contributed by atoms with Gasteiger partial charge in [-0.3, -0.25) is 4.79 Å². The van der Waals surface area contributed by atoms with Crippen LogP contribution in [0.25, 0.3) is 0 Å². The van der Waals surface area contributed by atoms with Gasteiger partial charge >= 0.3 is 0 Å². The average Bonchev–Trinajstić information content (AvgIpc) is 2.60. The largest absolute Gasteiger partial charge is 0.309 e. The van der Waals surface area contributed by atoms with Crippen molar-refractivity contribution in [2.45, 2.75) is 16.6 Å². The van der Waals surface area contributed by atoms with Crippen molar-refractivity contribution in [2.24, 2.45) is 0 Å². The van der Waals surface area contributed by atoms with Crippen LogP contribution in [0.5, 0.6) is 0 Å².